The number of hydrogen-bond donors (Lipinski definition) is 0. The van der Waals surface area contributed by atoms with Gasteiger partial charge in [0, 0.05) is 13.5 Å². The smallest absolute Gasteiger partial charge is 0.225 e. The summed E-state index contributed by atoms with van der Waals surface area (Å²) in [6, 6.07) is 0. The fourth-order valence-electron chi connectivity index (χ4n) is 1.31. The van der Waals surface area contributed by atoms with Crippen molar-refractivity contribution in [3.8, 4) is 0 Å². The third-order valence-electron chi connectivity index (χ3n) is 1.98. The van der Waals surface area contributed by atoms with E-state index in [4.69, 9.17) is 4.74 Å². The molecule has 0 aliphatic carbocycles. The van der Waals surface area contributed by atoms with Gasteiger partial charge in [-0.15, -0.1) is 0 Å². The van der Waals surface area contributed by atoms with E-state index in [9.17, 15) is 0 Å². The van der Waals surface area contributed by atoms with E-state index in [-0.39, 0.29) is 0 Å². The van der Waals surface area contributed by atoms with Crippen LogP contribution in [0, 0.1) is 6.92 Å². The summed E-state index contributed by atoms with van der Waals surface area (Å²) in [6.45, 7) is 6.14. The van der Waals surface area contributed by atoms with Gasteiger partial charge in [0.15, 0.2) is 12.2 Å². The summed E-state index contributed by atoms with van der Waals surface area (Å²) in [6.07, 6.45) is 1.11. The van der Waals surface area contributed by atoms with Crippen LogP contribution >= 0.6 is 11.3 Å². The van der Waals surface area contributed by atoms with Crippen LogP contribution in [0.1, 0.15) is 17.5 Å². The first-order chi connectivity index (χ1) is 5.79. The number of thiazole rings is 1. The normalized spacial score (nSPS) is 10.6. The summed E-state index contributed by atoms with van der Waals surface area (Å²) in [7, 11) is 1.74. The Morgan fingerprint density at radius 2 is 2.33 bits per heavy atom. The topological polar surface area (TPSA) is 13.1 Å². The van der Waals surface area contributed by atoms with E-state index in [0.29, 0.717) is 0 Å². The zero-order valence-corrected chi connectivity index (χ0v) is 8.78. The molecule has 0 atom stereocenters. The molecule has 1 rings (SSSR count). The largest absolute Gasteiger partial charge is 0.378 e. The maximum atomic E-state index is 5.04. The first-order valence-corrected chi connectivity index (χ1v) is 5.13. The zero-order valence-electron chi connectivity index (χ0n) is 7.96. The molecule has 0 aromatic carbocycles. The molecule has 0 radical (unpaired) electrons. The van der Waals surface area contributed by atoms with Gasteiger partial charge < -0.3 is 4.74 Å². The number of aromatic nitrogens is 1. The highest BCUT2D eigenvalue weighted by Crippen LogP contribution is 2.09. The molecule has 12 heavy (non-hydrogen) atoms. The van der Waals surface area contributed by atoms with Gasteiger partial charge in [-0.1, -0.05) is 18.3 Å². The number of aryl methyl sites for hydroxylation is 1. The van der Waals surface area contributed by atoms with Crippen LogP contribution in [0.15, 0.2) is 5.51 Å². The van der Waals surface area contributed by atoms with E-state index in [2.05, 4.69) is 23.9 Å². The van der Waals surface area contributed by atoms with Crippen molar-refractivity contribution >= 4 is 11.3 Å². The molecular weight excluding hydrogens is 170 g/mol. The number of nitrogens with zero attached hydrogens (tertiary/aromatic N) is 1. The molecule has 1 heterocycles. The van der Waals surface area contributed by atoms with Crippen molar-refractivity contribution in [2.75, 3.05) is 13.7 Å². The van der Waals surface area contributed by atoms with Gasteiger partial charge >= 0.3 is 0 Å². The van der Waals surface area contributed by atoms with Gasteiger partial charge in [0.2, 0.25) is 5.51 Å². The van der Waals surface area contributed by atoms with Crippen LogP contribution < -0.4 is 4.57 Å². The molecule has 68 valence electrons. The molecule has 0 amide bonds. The maximum Gasteiger partial charge on any atom is 0.225 e. The van der Waals surface area contributed by atoms with Gasteiger partial charge in [0.05, 0.1) is 4.88 Å². The summed E-state index contributed by atoms with van der Waals surface area (Å²) >= 11 is 1.81. The van der Waals surface area contributed by atoms with E-state index in [0.717, 1.165) is 19.6 Å². The fraction of sp³-hybridized carbons (Fsp3) is 0.667. The SMILES string of the molecule is CCc1c(C)sc[n+]1CCOC. The second-order valence-corrected chi connectivity index (χ2v) is 3.82. The minimum Gasteiger partial charge on any atom is -0.378 e. The minimum atomic E-state index is 0.799. The van der Waals surface area contributed by atoms with E-state index in [1.54, 1.807) is 7.11 Å². The van der Waals surface area contributed by atoms with Crippen molar-refractivity contribution in [2.45, 2.75) is 26.8 Å². The van der Waals surface area contributed by atoms with Gasteiger partial charge in [-0.25, -0.2) is 0 Å². The summed E-state index contributed by atoms with van der Waals surface area (Å²) < 4.78 is 7.32. The van der Waals surface area contributed by atoms with E-state index < -0.39 is 0 Å². The molecule has 1 aromatic rings. The Labute approximate surface area is 77.8 Å². The van der Waals surface area contributed by atoms with Crippen LogP contribution in [-0.2, 0) is 17.7 Å². The average molecular weight is 186 g/mol. The van der Waals surface area contributed by atoms with Crippen molar-refractivity contribution in [1.29, 1.82) is 0 Å². The zero-order chi connectivity index (χ0) is 8.97. The predicted molar refractivity (Wildman–Crippen MR) is 50.5 cm³/mol. The Kier molecular flexibility index (Phi) is 3.69. The molecule has 3 heteroatoms. The molecule has 0 fully saturated rings. The molecule has 0 aliphatic heterocycles. The Balaban J connectivity index is 2.70. The van der Waals surface area contributed by atoms with Crippen LogP contribution in [0.2, 0.25) is 0 Å². The van der Waals surface area contributed by atoms with Gasteiger partial charge in [-0.2, -0.15) is 4.57 Å². The van der Waals surface area contributed by atoms with Crippen LogP contribution in [0.4, 0.5) is 0 Å². The van der Waals surface area contributed by atoms with Crippen LogP contribution in [-0.4, -0.2) is 13.7 Å². The molecule has 0 spiro atoms. The first-order valence-electron chi connectivity index (χ1n) is 4.25. The van der Waals surface area contributed by atoms with E-state index >= 15 is 0 Å². The first kappa shape index (κ1) is 9.68. The number of rotatable bonds is 4. The van der Waals surface area contributed by atoms with Crippen LogP contribution in [0.5, 0.6) is 0 Å². The lowest BCUT2D eigenvalue weighted by molar-refractivity contribution is -0.700. The molecule has 0 bridgehead atoms. The van der Waals surface area contributed by atoms with Crippen molar-refractivity contribution in [3.05, 3.63) is 16.1 Å². The van der Waals surface area contributed by atoms with Gasteiger partial charge in [-0.3, -0.25) is 0 Å². The van der Waals surface area contributed by atoms with Crippen molar-refractivity contribution < 1.29 is 9.30 Å². The lowest BCUT2D eigenvalue weighted by Crippen LogP contribution is -2.37. The molecule has 1 aromatic heterocycles. The molecule has 0 saturated carbocycles. The van der Waals surface area contributed by atoms with Gasteiger partial charge in [0.25, 0.3) is 0 Å². The van der Waals surface area contributed by atoms with Crippen molar-refractivity contribution in [3.63, 3.8) is 0 Å². The van der Waals surface area contributed by atoms with Crippen molar-refractivity contribution in [1.82, 2.24) is 0 Å². The highest BCUT2D eigenvalue weighted by atomic mass is 32.1. The van der Waals surface area contributed by atoms with Crippen molar-refractivity contribution in [2.24, 2.45) is 0 Å². The molecule has 0 unspecified atom stereocenters. The number of ether oxygens (including phenoxy) is 1. The second kappa shape index (κ2) is 4.58. The summed E-state index contributed by atoms with van der Waals surface area (Å²) in [5.74, 6) is 0. The highest BCUT2D eigenvalue weighted by Gasteiger charge is 2.13. The molecule has 0 saturated heterocycles. The van der Waals surface area contributed by atoms with E-state index in [1.165, 1.54) is 10.6 Å². The molecule has 0 aliphatic rings. The predicted octanol–water partition coefficient (Wildman–Crippen LogP) is 1.55. The maximum absolute atomic E-state index is 5.04. The molecular formula is C9H16NOS+. The Hall–Kier alpha value is -0.410. The Morgan fingerprint density at radius 1 is 1.58 bits per heavy atom. The third-order valence-corrected chi connectivity index (χ3v) is 2.93. The minimum absolute atomic E-state index is 0.799. The Morgan fingerprint density at radius 3 is 2.92 bits per heavy atom. The van der Waals surface area contributed by atoms with Crippen LogP contribution in [0.3, 0.4) is 0 Å². The summed E-state index contributed by atoms with van der Waals surface area (Å²) in [5, 5.41) is 0. The van der Waals surface area contributed by atoms with Gasteiger partial charge in [-0.05, 0) is 6.92 Å². The van der Waals surface area contributed by atoms with Crippen LogP contribution in [0.25, 0.3) is 0 Å². The molecule has 0 N–H and O–H groups in total. The fourth-order valence-corrected chi connectivity index (χ4v) is 2.22. The quantitative estimate of drug-likeness (QED) is 0.650. The lowest BCUT2D eigenvalue weighted by Gasteiger charge is -1.95. The Bertz CT molecular complexity index is 245. The third kappa shape index (κ3) is 2.05. The number of hydrogen-bond acceptors (Lipinski definition) is 2. The monoisotopic (exact) mass is 186 g/mol. The lowest BCUT2D eigenvalue weighted by atomic mass is 10.3. The highest BCUT2D eigenvalue weighted by molar-refractivity contribution is 7.09. The molecule has 2 nitrogen and oxygen atoms in total. The summed E-state index contributed by atoms with van der Waals surface area (Å²) in [4.78, 5) is 1.42. The van der Waals surface area contributed by atoms with E-state index in [1.807, 2.05) is 11.3 Å². The van der Waals surface area contributed by atoms with Gasteiger partial charge in [0.1, 0.15) is 6.61 Å². The average Bonchev–Trinajstić information content (AvgIpc) is 2.43. The number of methoxy groups -OCH3 is 1. The second-order valence-electron chi connectivity index (χ2n) is 2.77. The summed E-state index contributed by atoms with van der Waals surface area (Å²) in [5.41, 5.74) is 3.62. The standard InChI is InChI=1S/C9H16NOS/c1-4-9-8(2)12-7-10(9)5-6-11-3/h7H,4-6H2,1-3H3/q+1.